The van der Waals surface area contributed by atoms with Gasteiger partial charge in [-0.25, -0.2) is 4.79 Å². The number of ether oxygens (including phenoxy) is 2. The second-order valence-electron chi connectivity index (χ2n) is 3.77. The van der Waals surface area contributed by atoms with Crippen molar-refractivity contribution in [1.82, 2.24) is 9.55 Å². The minimum Gasteiger partial charge on any atom is -0.481 e. The molecule has 7 heteroatoms. The highest BCUT2D eigenvalue weighted by Crippen LogP contribution is 2.27. The van der Waals surface area contributed by atoms with Gasteiger partial charge >= 0.3 is 5.69 Å². The Kier molecular flexibility index (Phi) is 3.41. The Morgan fingerprint density at radius 3 is 3.00 bits per heavy atom. The van der Waals surface area contributed by atoms with Gasteiger partial charge in [0.1, 0.15) is 12.3 Å². The fraction of sp³-hybridized carbons (Fsp3) is 0.600. The lowest BCUT2D eigenvalue weighted by Crippen LogP contribution is -2.27. The van der Waals surface area contributed by atoms with E-state index in [2.05, 4.69) is 4.98 Å². The maximum Gasteiger partial charge on any atom is 0.352 e. The molecule has 17 heavy (non-hydrogen) atoms. The molecule has 94 valence electrons. The van der Waals surface area contributed by atoms with Crippen molar-refractivity contribution in [3.05, 3.63) is 22.7 Å². The lowest BCUT2D eigenvalue weighted by Gasteiger charge is -2.14. The van der Waals surface area contributed by atoms with E-state index in [-0.39, 0.29) is 18.9 Å². The summed E-state index contributed by atoms with van der Waals surface area (Å²) in [5.74, 6) is 0.225. The van der Waals surface area contributed by atoms with Crippen LogP contribution in [0.15, 0.2) is 17.1 Å². The van der Waals surface area contributed by atoms with Crippen LogP contribution >= 0.6 is 0 Å². The van der Waals surface area contributed by atoms with Crippen molar-refractivity contribution in [2.45, 2.75) is 24.9 Å². The molecular formula is C10H14N2O5. The molecule has 1 saturated heterocycles. The molecule has 0 saturated carbocycles. The molecule has 1 aliphatic rings. The molecule has 0 aliphatic carbocycles. The average molecular weight is 242 g/mol. The van der Waals surface area contributed by atoms with Crippen LogP contribution in [-0.4, -0.2) is 45.7 Å². The lowest BCUT2D eigenvalue weighted by atomic mass is 10.2. The van der Waals surface area contributed by atoms with Gasteiger partial charge in [-0.15, -0.1) is 0 Å². The molecule has 0 aromatic carbocycles. The third-order valence-electron chi connectivity index (χ3n) is 2.71. The monoisotopic (exact) mass is 242 g/mol. The van der Waals surface area contributed by atoms with E-state index in [1.54, 1.807) is 0 Å². The summed E-state index contributed by atoms with van der Waals surface area (Å²) in [4.78, 5) is 15.3. The molecule has 2 heterocycles. The van der Waals surface area contributed by atoms with Crippen LogP contribution in [0.1, 0.15) is 12.6 Å². The van der Waals surface area contributed by atoms with Crippen LogP contribution in [0.4, 0.5) is 0 Å². The van der Waals surface area contributed by atoms with Gasteiger partial charge in [0.2, 0.25) is 5.88 Å². The van der Waals surface area contributed by atoms with E-state index >= 15 is 0 Å². The van der Waals surface area contributed by atoms with E-state index in [9.17, 15) is 9.90 Å². The molecule has 2 rings (SSSR count). The van der Waals surface area contributed by atoms with Crippen LogP contribution in [0, 0.1) is 0 Å². The van der Waals surface area contributed by atoms with Gasteiger partial charge in [-0.3, -0.25) is 4.57 Å². The van der Waals surface area contributed by atoms with Crippen molar-refractivity contribution in [3.63, 3.8) is 0 Å². The smallest absolute Gasteiger partial charge is 0.352 e. The molecular weight excluding hydrogens is 228 g/mol. The van der Waals surface area contributed by atoms with Gasteiger partial charge in [0.05, 0.1) is 19.8 Å². The normalized spacial score (nSPS) is 28.3. The molecule has 7 nitrogen and oxygen atoms in total. The highest BCUT2D eigenvalue weighted by molar-refractivity contribution is 5.05. The van der Waals surface area contributed by atoms with E-state index in [0.29, 0.717) is 0 Å². The van der Waals surface area contributed by atoms with Crippen molar-refractivity contribution in [1.29, 1.82) is 0 Å². The average Bonchev–Trinajstić information content (AvgIpc) is 2.70. The second-order valence-corrected chi connectivity index (χ2v) is 3.77. The molecule has 0 spiro atoms. The number of aliphatic hydroxyl groups excluding tert-OH is 2. The van der Waals surface area contributed by atoms with Crippen molar-refractivity contribution in [2.75, 3.05) is 13.7 Å². The molecule has 1 fully saturated rings. The number of hydrogen-bond donors (Lipinski definition) is 2. The number of aliphatic hydroxyl groups is 2. The number of rotatable bonds is 3. The molecule has 0 unspecified atom stereocenters. The summed E-state index contributed by atoms with van der Waals surface area (Å²) in [5, 5.41) is 18.5. The van der Waals surface area contributed by atoms with E-state index in [4.69, 9.17) is 14.6 Å². The summed E-state index contributed by atoms with van der Waals surface area (Å²) < 4.78 is 11.4. The van der Waals surface area contributed by atoms with E-state index in [1.807, 2.05) is 0 Å². The van der Waals surface area contributed by atoms with Crippen LogP contribution in [0.2, 0.25) is 0 Å². The Labute approximate surface area is 97.2 Å². The third kappa shape index (κ3) is 2.31. The molecule has 0 radical (unpaired) electrons. The maximum absolute atomic E-state index is 11.6. The highest BCUT2D eigenvalue weighted by atomic mass is 16.5. The predicted octanol–water partition coefficient (Wildman–Crippen LogP) is -1.11. The Bertz CT molecular complexity index is 447. The van der Waals surface area contributed by atoms with Crippen LogP contribution in [-0.2, 0) is 4.74 Å². The number of aromatic nitrogens is 2. The van der Waals surface area contributed by atoms with E-state index in [1.165, 1.54) is 23.9 Å². The first kappa shape index (κ1) is 12.0. The number of nitrogens with zero attached hydrogens (tertiary/aromatic N) is 2. The van der Waals surface area contributed by atoms with Gasteiger partial charge in [0.25, 0.3) is 0 Å². The summed E-state index contributed by atoms with van der Waals surface area (Å²) in [6.45, 7) is -0.282. The van der Waals surface area contributed by atoms with E-state index < -0.39 is 24.1 Å². The second kappa shape index (κ2) is 4.82. The quantitative estimate of drug-likeness (QED) is 0.698. The first-order valence-electron chi connectivity index (χ1n) is 5.23. The topological polar surface area (TPSA) is 93.8 Å². The van der Waals surface area contributed by atoms with Crippen LogP contribution in [0.5, 0.6) is 5.88 Å². The third-order valence-corrected chi connectivity index (χ3v) is 2.71. The molecule has 0 bridgehead atoms. The van der Waals surface area contributed by atoms with Crippen molar-refractivity contribution < 1.29 is 19.7 Å². The van der Waals surface area contributed by atoms with Gasteiger partial charge in [-0.2, -0.15) is 4.98 Å². The zero-order valence-corrected chi connectivity index (χ0v) is 9.31. The molecule has 1 aromatic heterocycles. The maximum atomic E-state index is 11.6. The predicted molar refractivity (Wildman–Crippen MR) is 56.7 cm³/mol. The summed E-state index contributed by atoms with van der Waals surface area (Å²) in [5.41, 5.74) is -0.514. The SMILES string of the molecule is COc1ccn([C@H]2C[C@H](O)[C@@H](CO)O2)c(=O)n1. The van der Waals surface area contributed by atoms with Gasteiger partial charge in [-0.05, 0) is 0 Å². The Morgan fingerprint density at radius 2 is 2.47 bits per heavy atom. The highest BCUT2D eigenvalue weighted by Gasteiger charge is 2.34. The van der Waals surface area contributed by atoms with Gasteiger partial charge in [0, 0.05) is 18.7 Å². The molecule has 3 atom stereocenters. The zero-order chi connectivity index (χ0) is 12.4. The summed E-state index contributed by atoms with van der Waals surface area (Å²) in [6, 6.07) is 1.53. The van der Waals surface area contributed by atoms with Gasteiger partial charge in [-0.1, -0.05) is 0 Å². The van der Waals surface area contributed by atoms with Crippen LogP contribution in [0.3, 0.4) is 0 Å². The standard InChI is InChI=1S/C10H14N2O5/c1-16-8-2-3-12(10(15)11-8)9-4-6(14)7(5-13)17-9/h2-3,6-7,9,13-14H,4-5H2,1H3/t6-,7+,9+/m0/s1. The first-order valence-corrected chi connectivity index (χ1v) is 5.23. The Balaban J connectivity index is 2.22. The van der Waals surface area contributed by atoms with Crippen molar-refractivity contribution >= 4 is 0 Å². The molecule has 1 aliphatic heterocycles. The summed E-state index contributed by atoms with van der Waals surface area (Å²) >= 11 is 0. The van der Waals surface area contributed by atoms with Crippen LogP contribution < -0.4 is 10.4 Å². The molecule has 2 N–H and O–H groups in total. The summed E-state index contributed by atoms with van der Waals surface area (Å²) in [6.07, 6.45) is -0.300. The van der Waals surface area contributed by atoms with Gasteiger partial charge in [0.15, 0.2) is 0 Å². The molecule has 1 aromatic rings. The largest absolute Gasteiger partial charge is 0.481 e. The minimum atomic E-state index is -0.779. The summed E-state index contributed by atoms with van der Waals surface area (Å²) in [7, 11) is 1.42. The number of methoxy groups -OCH3 is 1. The Morgan fingerprint density at radius 1 is 1.71 bits per heavy atom. The minimum absolute atomic E-state index is 0.225. The first-order chi connectivity index (χ1) is 8.15. The fourth-order valence-corrected chi connectivity index (χ4v) is 1.78. The lowest BCUT2D eigenvalue weighted by molar-refractivity contribution is -0.0459. The Hall–Kier alpha value is -1.44. The fourth-order valence-electron chi connectivity index (χ4n) is 1.78. The van der Waals surface area contributed by atoms with Crippen LogP contribution in [0.25, 0.3) is 0 Å². The molecule has 0 amide bonds. The van der Waals surface area contributed by atoms with Gasteiger partial charge < -0.3 is 19.7 Å². The van der Waals surface area contributed by atoms with Crippen molar-refractivity contribution in [3.8, 4) is 5.88 Å². The number of hydrogen-bond acceptors (Lipinski definition) is 6. The zero-order valence-electron chi connectivity index (χ0n) is 9.31. The van der Waals surface area contributed by atoms with Crippen molar-refractivity contribution in [2.24, 2.45) is 0 Å². The van der Waals surface area contributed by atoms with E-state index in [0.717, 1.165) is 0 Å².